The Hall–Kier alpha value is -1.31. The number of alkyl halides is 3. The van der Waals surface area contributed by atoms with Gasteiger partial charge in [0, 0.05) is 24.0 Å². The molecule has 1 fully saturated rings. The number of hydrogen-bond acceptors (Lipinski definition) is 4. The predicted octanol–water partition coefficient (Wildman–Crippen LogP) is 2.19. The van der Waals surface area contributed by atoms with Gasteiger partial charge in [-0.2, -0.15) is 21.6 Å². The molecule has 2 rings (SSSR count). The van der Waals surface area contributed by atoms with Gasteiger partial charge in [0.25, 0.3) is 0 Å². The average Bonchev–Trinajstić information content (AvgIpc) is 2.60. The lowest BCUT2D eigenvalue weighted by Crippen LogP contribution is -2.26. The van der Waals surface area contributed by atoms with Crippen molar-refractivity contribution < 1.29 is 30.6 Å². The minimum absolute atomic E-state index is 0.0570. The number of fused-ring (bicyclic) bond motifs is 1. The SMILES string of the molecule is O=C1CCC2=C(OS(=O)(=O)C(F)(F)F)CCC=C12. The summed E-state index contributed by atoms with van der Waals surface area (Å²) in [7, 11) is -5.65. The highest BCUT2D eigenvalue weighted by Gasteiger charge is 2.49. The molecule has 4 nitrogen and oxygen atoms in total. The first-order valence-electron chi connectivity index (χ1n) is 5.19. The van der Waals surface area contributed by atoms with Crippen LogP contribution < -0.4 is 0 Å². The third-order valence-electron chi connectivity index (χ3n) is 2.78. The van der Waals surface area contributed by atoms with Crippen LogP contribution in [-0.4, -0.2) is 19.7 Å². The molecule has 0 atom stereocenters. The monoisotopic (exact) mass is 282 g/mol. The highest BCUT2D eigenvalue weighted by atomic mass is 32.2. The van der Waals surface area contributed by atoms with Crippen molar-refractivity contribution >= 4 is 15.9 Å². The van der Waals surface area contributed by atoms with Gasteiger partial charge in [0.2, 0.25) is 0 Å². The molecule has 1 saturated carbocycles. The maximum atomic E-state index is 12.2. The molecule has 0 aromatic heterocycles. The second-order valence-electron chi connectivity index (χ2n) is 3.96. The number of carbonyl (C=O) groups excluding carboxylic acids is 1. The van der Waals surface area contributed by atoms with Gasteiger partial charge in [0.15, 0.2) is 5.78 Å². The van der Waals surface area contributed by atoms with E-state index in [1.54, 1.807) is 6.08 Å². The first-order valence-corrected chi connectivity index (χ1v) is 6.60. The summed E-state index contributed by atoms with van der Waals surface area (Å²) in [4.78, 5) is 11.4. The molecule has 18 heavy (non-hydrogen) atoms. The van der Waals surface area contributed by atoms with Crippen molar-refractivity contribution in [2.45, 2.75) is 31.2 Å². The first kappa shape index (κ1) is 13.1. The normalized spacial score (nSPS) is 20.8. The van der Waals surface area contributed by atoms with Gasteiger partial charge in [-0.3, -0.25) is 4.79 Å². The average molecular weight is 282 g/mol. The van der Waals surface area contributed by atoms with Crippen LogP contribution in [0.2, 0.25) is 0 Å². The van der Waals surface area contributed by atoms with Crippen molar-refractivity contribution in [2.24, 2.45) is 0 Å². The molecular weight excluding hydrogens is 273 g/mol. The minimum Gasteiger partial charge on any atom is -0.380 e. The van der Waals surface area contributed by atoms with Crippen molar-refractivity contribution in [3.8, 4) is 0 Å². The van der Waals surface area contributed by atoms with Gasteiger partial charge in [-0.25, -0.2) is 0 Å². The molecule has 0 heterocycles. The van der Waals surface area contributed by atoms with Crippen LogP contribution in [0.25, 0.3) is 0 Å². The number of halogens is 3. The van der Waals surface area contributed by atoms with Crippen LogP contribution in [0.3, 0.4) is 0 Å². The van der Waals surface area contributed by atoms with E-state index < -0.39 is 15.6 Å². The summed E-state index contributed by atoms with van der Waals surface area (Å²) in [5, 5.41) is 0. The summed E-state index contributed by atoms with van der Waals surface area (Å²) in [6.07, 6.45) is 2.37. The largest absolute Gasteiger partial charge is 0.534 e. The molecule has 0 aromatic carbocycles. The summed E-state index contributed by atoms with van der Waals surface area (Å²) < 4.78 is 62.5. The van der Waals surface area contributed by atoms with E-state index in [-0.39, 0.29) is 30.8 Å². The maximum absolute atomic E-state index is 12.2. The Morgan fingerprint density at radius 3 is 2.44 bits per heavy atom. The number of hydrogen-bond donors (Lipinski definition) is 0. The first-order chi connectivity index (χ1) is 8.22. The molecule has 0 aliphatic heterocycles. The second kappa shape index (κ2) is 4.11. The van der Waals surface area contributed by atoms with E-state index in [1.807, 2.05) is 0 Å². The van der Waals surface area contributed by atoms with Gasteiger partial charge >= 0.3 is 15.6 Å². The second-order valence-corrected chi connectivity index (χ2v) is 5.50. The van der Waals surface area contributed by atoms with Crippen LogP contribution in [0.4, 0.5) is 13.2 Å². The van der Waals surface area contributed by atoms with Crippen LogP contribution in [0, 0.1) is 0 Å². The molecule has 0 saturated heterocycles. The lowest BCUT2D eigenvalue weighted by atomic mass is 9.99. The summed E-state index contributed by atoms with van der Waals surface area (Å²) >= 11 is 0. The van der Waals surface area contributed by atoms with E-state index in [0.29, 0.717) is 17.6 Å². The van der Waals surface area contributed by atoms with Crippen molar-refractivity contribution in [3.05, 3.63) is 23.0 Å². The Bertz CT molecular complexity index is 554. The van der Waals surface area contributed by atoms with Crippen LogP contribution in [0.15, 0.2) is 23.0 Å². The number of carbonyl (C=O) groups is 1. The van der Waals surface area contributed by atoms with Gasteiger partial charge in [-0.05, 0) is 12.8 Å². The molecule has 8 heteroatoms. The van der Waals surface area contributed by atoms with Crippen molar-refractivity contribution in [2.75, 3.05) is 0 Å². The molecule has 0 radical (unpaired) electrons. The third kappa shape index (κ3) is 2.16. The predicted molar refractivity (Wildman–Crippen MR) is 54.6 cm³/mol. The third-order valence-corrected chi connectivity index (χ3v) is 3.77. The highest BCUT2D eigenvalue weighted by molar-refractivity contribution is 7.87. The van der Waals surface area contributed by atoms with Crippen LogP contribution >= 0.6 is 0 Å². The molecule has 0 N–H and O–H groups in total. The van der Waals surface area contributed by atoms with Crippen LogP contribution in [-0.2, 0) is 19.1 Å². The Kier molecular flexibility index (Phi) is 3.00. The zero-order valence-electron chi connectivity index (χ0n) is 9.08. The number of ketones is 1. The fourth-order valence-electron chi connectivity index (χ4n) is 1.97. The summed E-state index contributed by atoms with van der Waals surface area (Å²) in [5.74, 6) is -0.439. The summed E-state index contributed by atoms with van der Waals surface area (Å²) in [5.41, 5.74) is -4.86. The van der Waals surface area contributed by atoms with E-state index in [4.69, 9.17) is 0 Å². The van der Waals surface area contributed by atoms with E-state index in [9.17, 15) is 26.4 Å². The lowest BCUT2D eigenvalue weighted by Gasteiger charge is -2.17. The molecule has 0 spiro atoms. The molecule has 0 unspecified atom stereocenters. The van der Waals surface area contributed by atoms with Gasteiger partial charge in [0.1, 0.15) is 5.76 Å². The topological polar surface area (TPSA) is 60.4 Å². The molecular formula is C10H9F3O4S. The standard InChI is InChI=1S/C10H9F3O4S/c11-10(12,13)18(15,16)17-9-3-1-2-6-7(9)4-5-8(6)14/h2H,1,3-5H2. The zero-order chi connectivity index (χ0) is 13.6. The number of Topliss-reactive ketones (excluding diaryl/α,β-unsaturated/α-hetero) is 1. The Balaban J connectivity index is 2.34. The van der Waals surface area contributed by atoms with E-state index in [2.05, 4.69) is 4.18 Å². The summed E-state index contributed by atoms with van der Waals surface area (Å²) in [6.45, 7) is 0. The minimum atomic E-state index is -5.65. The van der Waals surface area contributed by atoms with Gasteiger partial charge in [-0.15, -0.1) is 0 Å². The molecule has 0 bridgehead atoms. The van der Waals surface area contributed by atoms with Gasteiger partial charge in [0.05, 0.1) is 0 Å². The van der Waals surface area contributed by atoms with E-state index in [1.165, 1.54) is 0 Å². The van der Waals surface area contributed by atoms with Crippen LogP contribution in [0.5, 0.6) is 0 Å². The smallest absolute Gasteiger partial charge is 0.380 e. The Morgan fingerprint density at radius 2 is 1.83 bits per heavy atom. The molecule has 100 valence electrons. The molecule has 0 amide bonds. The quantitative estimate of drug-likeness (QED) is 0.575. The van der Waals surface area contributed by atoms with Gasteiger partial charge < -0.3 is 4.18 Å². The number of allylic oxidation sites excluding steroid dienone is 4. The fraction of sp³-hybridized carbons (Fsp3) is 0.500. The van der Waals surface area contributed by atoms with E-state index >= 15 is 0 Å². The van der Waals surface area contributed by atoms with Crippen molar-refractivity contribution in [3.63, 3.8) is 0 Å². The number of rotatable bonds is 2. The van der Waals surface area contributed by atoms with Crippen LogP contribution in [0.1, 0.15) is 25.7 Å². The zero-order valence-corrected chi connectivity index (χ0v) is 9.90. The molecule has 2 aliphatic rings. The summed E-state index contributed by atoms with van der Waals surface area (Å²) in [6, 6.07) is 0. The highest BCUT2D eigenvalue weighted by Crippen LogP contribution is 2.38. The van der Waals surface area contributed by atoms with E-state index in [0.717, 1.165) is 0 Å². The van der Waals surface area contributed by atoms with Crippen molar-refractivity contribution in [1.82, 2.24) is 0 Å². The molecule has 2 aliphatic carbocycles. The maximum Gasteiger partial charge on any atom is 0.534 e. The Labute approximate surface area is 101 Å². The molecule has 0 aromatic rings. The lowest BCUT2D eigenvalue weighted by molar-refractivity contribution is -0.114. The Morgan fingerprint density at radius 1 is 1.17 bits per heavy atom. The van der Waals surface area contributed by atoms with Crippen molar-refractivity contribution in [1.29, 1.82) is 0 Å². The fourth-order valence-corrected chi connectivity index (χ4v) is 2.52. The van der Waals surface area contributed by atoms with Gasteiger partial charge in [-0.1, -0.05) is 6.08 Å².